The summed E-state index contributed by atoms with van der Waals surface area (Å²) in [5.74, 6) is -2.83. The van der Waals surface area contributed by atoms with Crippen LogP contribution in [0.4, 0.5) is 0 Å². The van der Waals surface area contributed by atoms with Gasteiger partial charge in [-0.05, 0) is 69.1 Å². The molecule has 368 valence electrons. The largest absolute Gasteiger partial charge is 0.480 e. The summed E-state index contributed by atoms with van der Waals surface area (Å²) >= 11 is 0. The number of likely N-dealkylation sites (N-methyl/N-ethyl adjacent to an activating group) is 2. The van der Waals surface area contributed by atoms with Crippen molar-refractivity contribution in [2.24, 2.45) is 0 Å². The summed E-state index contributed by atoms with van der Waals surface area (Å²) in [4.78, 5) is 62.3. The fourth-order valence-corrected chi connectivity index (χ4v) is 8.04. The van der Waals surface area contributed by atoms with Crippen LogP contribution in [0.2, 0.25) is 0 Å². The van der Waals surface area contributed by atoms with Crippen LogP contribution in [0.5, 0.6) is 0 Å². The number of nitrogens with zero attached hydrogens (tertiary/aromatic N) is 3. The molecular weight excluding hydrogens is 854 g/mol. The molecule has 0 heterocycles. The van der Waals surface area contributed by atoms with Crippen molar-refractivity contribution in [3.05, 3.63) is 70.8 Å². The van der Waals surface area contributed by atoms with Crippen molar-refractivity contribution < 1.29 is 57.4 Å². The summed E-state index contributed by atoms with van der Waals surface area (Å²) in [6.45, 7) is 4.32. The lowest BCUT2D eigenvalue weighted by atomic mass is 10.0. The summed E-state index contributed by atoms with van der Waals surface area (Å²) in [6.07, 6.45) is 21.7. The predicted octanol–water partition coefficient (Wildman–Crippen LogP) is 8.44. The molecule has 0 spiro atoms. The van der Waals surface area contributed by atoms with Gasteiger partial charge in [0.25, 0.3) is 0 Å². The van der Waals surface area contributed by atoms with Crippen molar-refractivity contribution in [2.75, 3.05) is 86.3 Å². The average molecular weight is 934 g/mol. The molecule has 3 N–H and O–H groups in total. The van der Waals surface area contributed by atoms with Crippen LogP contribution in [0.25, 0.3) is 0 Å². The van der Waals surface area contributed by atoms with Crippen LogP contribution in [0.15, 0.2) is 48.5 Å². The lowest BCUT2D eigenvalue weighted by Gasteiger charge is -2.25. The number of aromatic carboxylic acids is 1. The first kappa shape index (κ1) is 57.4. The zero-order valence-electron chi connectivity index (χ0n) is 39.6. The highest BCUT2D eigenvalue weighted by Crippen LogP contribution is 2.43. The second kappa shape index (κ2) is 35.5. The Bertz CT molecular complexity index is 1650. The van der Waals surface area contributed by atoms with Crippen LogP contribution >= 0.6 is 7.82 Å². The predicted molar refractivity (Wildman–Crippen MR) is 253 cm³/mol. The molecule has 16 heteroatoms. The number of carboxylic acids is 2. The molecule has 0 aromatic heterocycles. The van der Waals surface area contributed by atoms with E-state index in [4.69, 9.17) is 19.1 Å². The molecular formula is C49H80N3O12P. The second-order valence-electron chi connectivity index (χ2n) is 17.0. The van der Waals surface area contributed by atoms with Gasteiger partial charge in [-0.1, -0.05) is 126 Å². The fraction of sp³-hybridized carbons (Fsp3) is 0.673. The van der Waals surface area contributed by atoms with Gasteiger partial charge in [0.2, 0.25) is 0 Å². The third kappa shape index (κ3) is 31.0. The van der Waals surface area contributed by atoms with E-state index in [0.29, 0.717) is 39.0 Å². The number of unbranched alkanes of at least 4 members (excludes halogenated alkanes) is 15. The minimum Gasteiger partial charge on any atom is -0.480 e. The highest BCUT2D eigenvalue weighted by Gasteiger charge is 2.19. The molecule has 0 aliphatic heterocycles. The summed E-state index contributed by atoms with van der Waals surface area (Å²) in [7, 11) is -0.130. The van der Waals surface area contributed by atoms with Crippen molar-refractivity contribution >= 4 is 31.7 Å². The van der Waals surface area contributed by atoms with Crippen molar-refractivity contribution in [1.29, 1.82) is 0 Å². The third-order valence-corrected chi connectivity index (χ3v) is 12.3. The van der Waals surface area contributed by atoms with E-state index < -0.39 is 25.7 Å². The Balaban J connectivity index is 1.46. The molecule has 0 aliphatic carbocycles. The van der Waals surface area contributed by atoms with E-state index in [0.717, 1.165) is 36.8 Å². The number of carbonyl (C=O) groups excluding carboxylic acids is 2. The molecule has 2 aromatic rings. The van der Waals surface area contributed by atoms with E-state index in [-0.39, 0.29) is 57.6 Å². The SMILES string of the molecule is CCOP(=O)(O)OCCCCCCCCCCCCCCCCCCc1ccc(CCOC(=O)CN(CCN(C)CCN(C)CC(=O)OCCc2ccc(C(=O)O)cc2)CC(=O)O)cc1. The van der Waals surface area contributed by atoms with Crippen molar-refractivity contribution in [1.82, 2.24) is 14.7 Å². The van der Waals surface area contributed by atoms with Gasteiger partial charge in [0, 0.05) is 39.0 Å². The summed E-state index contributed by atoms with van der Waals surface area (Å²) < 4.78 is 31.9. The van der Waals surface area contributed by atoms with E-state index in [2.05, 4.69) is 28.8 Å². The maximum atomic E-state index is 12.6. The number of rotatable bonds is 41. The molecule has 0 fully saturated rings. The normalized spacial score (nSPS) is 12.5. The van der Waals surface area contributed by atoms with Gasteiger partial charge in [0.05, 0.1) is 51.6 Å². The summed E-state index contributed by atoms with van der Waals surface area (Å²) in [5, 5.41) is 18.4. The number of carbonyl (C=O) groups is 4. The van der Waals surface area contributed by atoms with E-state index in [9.17, 15) is 33.7 Å². The van der Waals surface area contributed by atoms with Gasteiger partial charge in [-0.25, -0.2) is 9.36 Å². The molecule has 2 aromatic carbocycles. The number of aryl methyl sites for hydroxylation is 1. The lowest BCUT2D eigenvalue weighted by molar-refractivity contribution is -0.147. The van der Waals surface area contributed by atoms with Gasteiger partial charge in [0.15, 0.2) is 0 Å². The summed E-state index contributed by atoms with van der Waals surface area (Å²) in [6, 6.07) is 14.9. The molecule has 1 atom stereocenters. The van der Waals surface area contributed by atoms with E-state index >= 15 is 0 Å². The summed E-state index contributed by atoms with van der Waals surface area (Å²) in [5.41, 5.74) is 3.48. The fourth-order valence-electron chi connectivity index (χ4n) is 7.28. The number of benzene rings is 2. The van der Waals surface area contributed by atoms with Crippen molar-refractivity contribution in [3.8, 4) is 0 Å². The Hall–Kier alpha value is -3.69. The number of aliphatic carboxylic acids is 1. The Morgan fingerprint density at radius 1 is 0.508 bits per heavy atom. The first-order chi connectivity index (χ1) is 31.3. The van der Waals surface area contributed by atoms with Crippen LogP contribution < -0.4 is 0 Å². The van der Waals surface area contributed by atoms with E-state index in [1.54, 1.807) is 24.0 Å². The monoisotopic (exact) mass is 934 g/mol. The van der Waals surface area contributed by atoms with Crippen LogP contribution in [0.3, 0.4) is 0 Å². The van der Waals surface area contributed by atoms with Crippen LogP contribution in [0.1, 0.15) is 137 Å². The molecule has 0 saturated carbocycles. The topological polar surface area (TPSA) is 193 Å². The molecule has 0 radical (unpaired) electrons. The van der Waals surface area contributed by atoms with Gasteiger partial charge in [-0.2, -0.15) is 0 Å². The number of esters is 2. The first-order valence-corrected chi connectivity index (χ1v) is 25.4. The number of carboxylic acid groups (broad SMARTS) is 2. The van der Waals surface area contributed by atoms with Gasteiger partial charge < -0.3 is 29.5 Å². The van der Waals surface area contributed by atoms with E-state index in [1.165, 1.54) is 101 Å². The van der Waals surface area contributed by atoms with Crippen LogP contribution in [0, 0.1) is 0 Å². The maximum Gasteiger partial charge on any atom is 0.472 e. The van der Waals surface area contributed by atoms with Gasteiger partial charge in [-0.3, -0.25) is 33.2 Å². The number of ether oxygens (including phenoxy) is 2. The van der Waals surface area contributed by atoms with E-state index in [1.807, 2.05) is 23.9 Å². The number of hydrogen-bond donors (Lipinski definition) is 3. The maximum absolute atomic E-state index is 12.6. The van der Waals surface area contributed by atoms with Crippen LogP contribution in [-0.2, 0) is 56.7 Å². The third-order valence-electron chi connectivity index (χ3n) is 11.2. The molecule has 65 heavy (non-hydrogen) atoms. The van der Waals surface area contributed by atoms with Crippen molar-refractivity contribution in [2.45, 2.75) is 129 Å². The molecule has 0 bridgehead atoms. The zero-order valence-corrected chi connectivity index (χ0v) is 40.5. The molecule has 0 aliphatic rings. The Labute approximate surface area is 388 Å². The molecule has 1 unspecified atom stereocenters. The molecule has 0 saturated heterocycles. The van der Waals surface area contributed by atoms with Gasteiger partial charge in [-0.15, -0.1) is 0 Å². The Kier molecular flexibility index (Phi) is 31.4. The Morgan fingerprint density at radius 2 is 0.923 bits per heavy atom. The number of phosphoric acid groups is 1. The first-order valence-electron chi connectivity index (χ1n) is 23.9. The minimum absolute atomic E-state index is 0.108. The van der Waals surface area contributed by atoms with Gasteiger partial charge in [0.1, 0.15) is 0 Å². The molecule has 15 nitrogen and oxygen atoms in total. The number of hydrogen-bond acceptors (Lipinski definition) is 12. The second-order valence-corrected chi connectivity index (χ2v) is 18.5. The zero-order chi connectivity index (χ0) is 47.5. The van der Waals surface area contributed by atoms with Gasteiger partial charge >= 0.3 is 31.7 Å². The standard InChI is InChI=1S/C49H80N3O12P/c1-4-63-65(59,60)64-36-20-18-16-14-12-10-8-6-5-7-9-11-13-15-17-19-21-42-22-24-43(25-23-42)30-38-62-48(56)41-52(39-46(53)54)35-34-50(2)32-33-51(3)40-47(55)61-37-31-44-26-28-45(29-27-44)49(57)58/h22-29H,4-21,30-41H2,1-3H3,(H,53,54)(H,57,58)(H,59,60). The Morgan fingerprint density at radius 3 is 1.40 bits per heavy atom. The smallest absolute Gasteiger partial charge is 0.472 e. The highest BCUT2D eigenvalue weighted by atomic mass is 31.2. The van der Waals surface area contributed by atoms with Crippen LogP contribution in [-0.4, -0.2) is 140 Å². The molecule has 2 rings (SSSR count). The average Bonchev–Trinajstić information content (AvgIpc) is 3.26. The minimum atomic E-state index is -3.85. The number of phosphoric ester groups is 1. The molecule has 0 amide bonds. The van der Waals surface area contributed by atoms with Crippen molar-refractivity contribution in [3.63, 3.8) is 0 Å². The lowest BCUT2D eigenvalue weighted by Crippen LogP contribution is -2.41. The quantitative estimate of drug-likeness (QED) is 0.0327. The highest BCUT2D eigenvalue weighted by molar-refractivity contribution is 7.47.